The van der Waals surface area contributed by atoms with Gasteiger partial charge in [-0.05, 0) is 17.9 Å². The fourth-order valence-corrected chi connectivity index (χ4v) is 4.68. The van der Waals surface area contributed by atoms with Crippen LogP contribution in [0.3, 0.4) is 0 Å². The van der Waals surface area contributed by atoms with E-state index < -0.39 is 6.10 Å². The molecule has 2 rings (SSSR count). The van der Waals surface area contributed by atoms with Crippen LogP contribution in [-0.4, -0.2) is 31.0 Å². The third-order valence-corrected chi connectivity index (χ3v) is 6.61. The fraction of sp³-hybridized carbons (Fsp3) is 0.786. The second-order valence-electron chi connectivity index (χ2n) is 9.56. The molecule has 1 aliphatic carbocycles. The fourth-order valence-electron chi connectivity index (χ4n) is 4.68. The second-order valence-corrected chi connectivity index (χ2v) is 9.56. The lowest BCUT2D eigenvalue weighted by molar-refractivity contribution is -0.0239. The molecule has 0 spiro atoms. The first-order valence-electron chi connectivity index (χ1n) is 13.2. The molecule has 0 aromatic heterocycles. The van der Waals surface area contributed by atoms with Crippen molar-refractivity contribution >= 4 is 0 Å². The van der Waals surface area contributed by atoms with Gasteiger partial charge in [0.2, 0.25) is 0 Å². The van der Waals surface area contributed by atoms with E-state index in [1.807, 2.05) is 30.3 Å². The van der Waals surface area contributed by atoms with E-state index in [4.69, 9.17) is 9.47 Å². The van der Waals surface area contributed by atoms with Crippen molar-refractivity contribution in [2.75, 3.05) is 19.8 Å². The molecule has 1 fully saturated rings. The maximum atomic E-state index is 9.92. The normalized spacial score (nSPS) is 15.9. The molecule has 1 saturated carbocycles. The summed E-state index contributed by atoms with van der Waals surface area (Å²) >= 11 is 0. The van der Waals surface area contributed by atoms with E-state index in [0.29, 0.717) is 19.8 Å². The lowest BCUT2D eigenvalue weighted by atomic mass is 9.85. The largest absolute Gasteiger partial charge is 0.388 e. The monoisotopic (exact) mass is 432 g/mol. The van der Waals surface area contributed by atoms with Crippen molar-refractivity contribution in [1.29, 1.82) is 0 Å². The van der Waals surface area contributed by atoms with Crippen LogP contribution in [0.4, 0.5) is 0 Å². The van der Waals surface area contributed by atoms with Gasteiger partial charge in [0.1, 0.15) is 6.10 Å². The van der Waals surface area contributed by atoms with Crippen molar-refractivity contribution in [1.82, 2.24) is 0 Å². The third-order valence-electron chi connectivity index (χ3n) is 6.61. The SMILES string of the molecule is OC(COCCCCCCCCCCCCC1CCCCC1)COCc1ccccc1. The average molecular weight is 433 g/mol. The summed E-state index contributed by atoms with van der Waals surface area (Å²) < 4.78 is 11.1. The van der Waals surface area contributed by atoms with Crippen molar-refractivity contribution in [2.24, 2.45) is 5.92 Å². The minimum Gasteiger partial charge on any atom is -0.388 e. The van der Waals surface area contributed by atoms with Gasteiger partial charge >= 0.3 is 0 Å². The van der Waals surface area contributed by atoms with Crippen LogP contribution < -0.4 is 0 Å². The molecule has 178 valence electrons. The lowest BCUT2D eigenvalue weighted by Crippen LogP contribution is -2.22. The molecule has 1 atom stereocenters. The van der Waals surface area contributed by atoms with Crippen LogP contribution in [0, 0.1) is 5.92 Å². The molecule has 1 aromatic rings. The zero-order chi connectivity index (χ0) is 21.8. The number of unbranched alkanes of at least 4 members (excludes halogenated alkanes) is 9. The molecule has 0 bridgehead atoms. The van der Waals surface area contributed by atoms with E-state index in [0.717, 1.165) is 24.5 Å². The van der Waals surface area contributed by atoms with Crippen LogP contribution in [0.1, 0.15) is 108 Å². The van der Waals surface area contributed by atoms with Crippen molar-refractivity contribution in [3.05, 3.63) is 35.9 Å². The van der Waals surface area contributed by atoms with Crippen molar-refractivity contribution < 1.29 is 14.6 Å². The molecule has 0 heterocycles. The number of hydrogen-bond donors (Lipinski definition) is 1. The molecule has 1 aliphatic rings. The minimum absolute atomic E-state index is 0.329. The van der Waals surface area contributed by atoms with Gasteiger partial charge in [-0.1, -0.05) is 127 Å². The van der Waals surface area contributed by atoms with E-state index in [9.17, 15) is 5.11 Å². The summed E-state index contributed by atoms with van der Waals surface area (Å²) in [6.45, 7) is 1.99. The highest BCUT2D eigenvalue weighted by Crippen LogP contribution is 2.28. The number of benzene rings is 1. The molecule has 0 aliphatic heterocycles. The van der Waals surface area contributed by atoms with Gasteiger partial charge in [-0.3, -0.25) is 0 Å². The summed E-state index contributed by atoms with van der Waals surface area (Å²) in [6.07, 6.45) is 22.0. The van der Waals surface area contributed by atoms with Gasteiger partial charge < -0.3 is 14.6 Å². The molecule has 1 N–H and O–H groups in total. The van der Waals surface area contributed by atoms with E-state index in [2.05, 4.69) is 0 Å². The van der Waals surface area contributed by atoms with Crippen LogP contribution in [0.15, 0.2) is 30.3 Å². The van der Waals surface area contributed by atoms with Crippen LogP contribution in [-0.2, 0) is 16.1 Å². The van der Waals surface area contributed by atoms with Gasteiger partial charge in [0.15, 0.2) is 0 Å². The summed E-state index contributed by atoms with van der Waals surface area (Å²) in [4.78, 5) is 0. The molecule has 0 saturated heterocycles. The zero-order valence-corrected chi connectivity index (χ0v) is 19.9. The number of rotatable bonds is 19. The molecule has 0 amide bonds. The molecule has 3 nitrogen and oxygen atoms in total. The number of ether oxygens (including phenoxy) is 2. The van der Waals surface area contributed by atoms with Gasteiger partial charge in [-0.25, -0.2) is 0 Å². The Balaban J connectivity index is 1.25. The smallest absolute Gasteiger partial charge is 0.101 e. The highest BCUT2D eigenvalue weighted by atomic mass is 16.5. The third kappa shape index (κ3) is 14.7. The van der Waals surface area contributed by atoms with E-state index >= 15 is 0 Å². The number of aliphatic hydroxyl groups is 1. The first-order valence-corrected chi connectivity index (χ1v) is 13.2. The van der Waals surface area contributed by atoms with Crippen LogP contribution >= 0.6 is 0 Å². The maximum absolute atomic E-state index is 9.92. The van der Waals surface area contributed by atoms with Crippen molar-refractivity contribution in [3.8, 4) is 0 Å². The highest BCUT2D eigenvalue weighted by molar-refractivity contribution is 5.13. The van der Waals surface area contributed by atoms with Gasteiger partial charge in [0.05, 0.1) is 19.8 Å². The molecular formula is C28H48O3. The molecule has 1 aromatic carbocycles. The molecule has 1 unspecified atom stereocenters. The van der Waals surface area contributed by atoms with Gasteiger partial charge in [0.25, 0.3) is 0 Å². The Hall–Kier alpha value is -0.900. The molecule has 31 heavy (non-hydrogen) atoms. The Morgan fingerprint density at radius 1 is 0.710 bits per heavy atom. The Labute approximate surface area is 191 Å². The summed E-state index contributed by atoms with van der Waals surface area (Å²) in [6, 6.07) is 10.0. The Kier molecular flexibility index (Phi) is 15.9. The summed E-state index contributed by atoms with van der Waals surface area (Å²) in [5.74, 6) is 1.06. The van der Waals surface area contributed by atoms with E-state index in [1.165, 1.54) is 96.3 Å². The summed E-state index contributed by atoms with van der Waals surface area (Å²) in [5, 5.41) is 9.92. The number of aliphatic hydroxyl groups excluding tert-OH is 1. The standard InChI is InChI=1S/C28H48O3/c29-28(25-31-23-27-20-14-10-15-21-27)24-30-22-16-8-6-4-2-1-3-5-7-11-17-26-18-12-9-13-19-26/h10,14-15,20-21,26,28-29H,1-9,11-13,16-19,22-25H2. The van der Waals surface area contributed by atoms with E-state index in [1.54, 1.807) is 0 Å². The highest BCUT2D eigenvalue weighted by Gasteiger charge is 2.12. The quantitative estimate of drug-likeness (QED) is 0.231. The Bertz CT molecular complexity index is 498. The lowest BCUT2D eigenvalue weighted by Gasteiger charge is -2.21. The Morgan fingerprint density at radius 3 is 1.97 bits per heavy atom. The topological polar surface area (TPSA) is 38.7 Å². The summed E-state index contributed by atoms with van der Waals surface area (Å²) in [7, 11) is 0. The number of hydrogen-bond acceptors (Lipinski definition) is 3. The predicted octanol–water partition coefficient (Wildman–Crippen LogP) is 7.45. The van der Waals surface area contributed by atoms with Crippen LogP contribution in [0.25, 0.3) is 0 Å². The van der Waals surface area contributed by atoms with Gasteiger partial charge in [0, 0.05) is 6.61 Å². The minimum atomic E-state index is -0.536. The average Bonchev–Trinajstić information content (AvgIpc) is 2.80. The van der Waals surface area contributed by atoms with Crippen molar-refractivity contribution in [2.45, 2.75) is 115 Å². The van der Waals surface area contributed by atoms with E-state index in [-0.39, 0.29) is 0 Å². The van der Waals surface area contributed by atoms with Gasteiger partial charge in [-0.2, -0.15) is 0 Å². The predicted molar refractivity (Wildman–Crippen MR) is 130 cm³/mol. The summed E-state index contributed by atoms with van der Waals surface area (Å²) in [5.41, 5.74) is 1.13. The second kappa shape index (κ2) is 18.7. The molecule has 3 heteroatoms. The van der Waals surface area contributed by atoms with Crippen LogP contribution in [0.2, 0.25) is 0 Å². The van der Waals surface area contributed by atoms with Crippen LogP contribution in [0.5, 0.6) is 0 Å². The first kappa shape index (κ1) is 26.4. The first-order chi connectivity index (χ1) is 15.3. The molecular weight excluding hydrogens is 384 g/mol. The van der Waals surface area contributed by atoms with Crippen molar-refractivity contribution in [3.63, 3.8) is 0 Å². The maximum Gasteiger partial charge on any atom is 0.101 e. The van der Waals surface area contributed by atoms with Gasteiger partial charge in [-0.15, -0.1) is 0 Å². The zero-order valence-electron chi connectivity index (χ0n) is 19.9. The Morgan fingerprint density at radius 2 is 1.29 bits per heavy atom. The molecule has 0 radical (unpaired) electrons.